The van der Waals surface area contributed by atoms with Gasteiger partial charge in [-0.1, -0.05) is 30.3 Å². The third-order valence-corrected chi connectivity index (χ3v) is 4.85. The first-order valence-electron chi connectivity index (χ1n) is 8.48. The Morgan fingerprint density at radius 3 is 2.77 bits per heavy atom. The highest BCUT2D eigenvalue weighted by Crippen LogP contribution is 2.28. The number of hydrogen-bond donors (Lipinski definition) is 1. The number of imidazole rings is 1. The highest BCUT2D eigenvalue weighted by Gasteiger charge is 2.42. The summed E-state index contributed by atoms with van der Waals surface area (Å²) in [4.78, 5) is 29.5. The molecule has 0 saturated carbocycles. The number of rotatable bonds is 3. The van der Waals surface area contributed by atoms with Gasteiger partial charge in [0.05, 0.1) is 23.1 Å². The number of cyclic esters (lactones) is 1. The second-order valence-corrected chi connectivity index (χ2v) is 6.71. The molecule has 1 unspecified atom stereocenters. The number of benzene rings is 2. The molecule has 3 aromatic rings. The molecule has 1 N–H and O–H groups in total. The first-order valence-corrected chi connectivity index (χ1v) is 8.48. The number of esters is 1. The van der Waals surface area contributed by atoms with Gasteiger partial charge in [0.15, 0.2) is 5.60 Å². The number of hydrogen-bond acceptors (Lipinski definition) is 4. The number of fused-ring (bicyclic) bond motifs is 2. The van der Waals surface area contributed by atoms with E-state index in [1.807, 2.05) is 48.0 Å². The second kappa shape index (κ2) is 5.98. The van der Waals surface area contributed by atoms with Gasteiger partial charge in [-0.15, -0.1) is 0 Å². The monoisotopic (exact) mass is 349 g/mol. The summed E-state index contributed by atoms with van der Waals surface area (Å²) < 4.78 is 7.41. The summed E-state index contributed by atoms with van der Waals surface area (Å²) in [6, 6.07) is 15.0. The summed E-state index contributed by atoms with van der Waals surface area (Å²) in [5, 5.41) is 2.86. The van der Waals surface area contributed by atoms with E-state index in [4.69, 9.17) is 4.74 Å². The molecule has 6 heteroatoms. The highest BCUT2D eigenvalue weighted by molar-refractivity contribution is 5.97. The van der Waals surface area contributed by atoms with Crippen molar-refractivity contribution in [3.8, 4) is 0 Å². The van der Waals surface area contributed by atoms with Gasteiger partial charge >= 0.3 is 5.97 Å². The maximum atomic E-state index is 12.7. The van der Waals surface area contributed by atoms with E-state index in [9.17, 15) is 9.59 Å². The molecule has 2 aromatic carbocycles. The topological polar surface area (TPSA) is 73.2 Å². The van der Waals surface area contributed by atoms with Crippen LogP contribution in [0.25, 0.3) is 11.0 Å². The Hall–Kier alpha value is -3.15. The van der Waals surface area contributed by atoms with E-state index in [0.717, 1.165) is 22.4 Å². The molecule has 0 aliphatic carbocycles. The van der Waals surface area contributed by atoms with Crippen molar-refractivity contribution >= 4 is 22.9 Å². The number of para-hydroxylation sites is 2. The van der Waals surface area contributed by atoms with Crippen LogP contribution in [0.3, 0.4) is 0 Å². The van der Waals surface area contributed by atoms with Crippen LogP contribution in [0.2, 0.25) is 0 Å². The summed E-state index contributed by atoms with van der Waals surface area (Å²) in [5.74, 6) is -0.0506. The van der Waals surface area contributed by atoms with Gasteiger partial charge in [0, 0.05) is 13.5 Å². The van der Waals surface area contributed by atoms with Crippen LogP contribution in [-0.4, -0.2) is 27.0 Å². The summed E-state index contributed by atoms with van der Waals surface area (Å²) in [6.45, 7) is 1.91. The van der Waals surface area contributed by atoms with Crippen LogP contribution in [0.5, 0.6) is 0 Å². The van der Waals surface area contributed by atoms with Crippen molar-refractivity contribution in [2.45, 2.75) is 25.5 Å². The number of aromatic nitrogens is 2. The molecule has 0 spiro atoms. The zero-order chi connectivity index (χ0) is 18.3. The molecule has 0 radical (unpaired) electrons. The lowest BCUT2D eigenvalue weighted by Crippen LogP contribution is -2.51. The zero-order valence-corrected chi connectivity index (χ0v) is 14.7. The molecule has 1 aliphatic heterocycles. The van der Waals surface area contributed by atoms with Gasteiger partial charge in [-0.25, -0.2) is 9.78 Å². The standard InChI is InChI=1S/C20H19N3O3/c1-20(11-13-7-3-4-8-14(13)18(24)26-20)19(25)21-12-17-22-15-9-5-6-10-16(15)23(17)2/h3-10H,11-12H2,1-2H3,(H,21,25). The lowest BCUT2D eigenvalue weighted by molar-refractivity contribution is -0.140. The molecule has 1 atom stereocenters. The van der Waals surface area contributed by atoms with E-state index < -0.39 is 11.6 Å². The number of nitrogens with one attached hydrogen (secondary N) is 1. The maximum Gasteiger partial charge on any atom is 0.339 e. The van der Waals surface area contributed by atoms with Crippen molar-refractivity contribution in [2.75, 3.05) is 0 Å². The van der Waals surface area contributed by atoms with Crippen LogP contribution in [0.15, 0.2) is 48.5 Å². The number of carbonyl (C=O) groups is 2. The Labute approximate surface area is 150 Å². The van der Waals surface area contributed by atoms with Gasteiger partial charge in [-0.05, 0) is 30.7 Å². The molecule has 26 heavy (non-hydrogen) atoms. The Morgan fingerprint density at radius 2 is 1.96 bits per heavy atom. The van der Waals surface area contributed by atoms with Gasteiger partial charge in [-0.3, -0.25) is 4.79 Å². The van der Waals surface area contributed by atoms with Crippen molar-refractivity contribution in [3.63, 3.8) is 0 Å². The summed E-state index contributed by atoms with van der Waals surface area (Å²) in [5.41, 5.74) is 2.00. The molecule has 0 fully saturated rings. The molecular formula is C20H19N3O3. The molecule has 1 aromatic heterocycles. The van der Waals surface area contributed by atoms with E-state index in [0.29, 0.717) is 12.0 Å². The summed E-state index contributed by atoms with van der Waals surface area (Å²) >= 11 is 0. The largest absolute Gasteiger partial charge is 0.445 e. The number of nitrogens with zero attached hydrogens (tertiary/aromatic N) is 2. The minimum Gasteiger partial charge on any atom is -0.445 e. The third-order valence-electron chi connectivity index (χ3n) is 4.85. The Balaban J connectivity index is 1.53. The average molecular weight is 349 g/mol. The maximum absolute atomic E-state index is 12.7. The summed E-state index contributed by atoms with van der Waals surface area (Å²) in [7, 11) is 1.91. The second-order valence-electron chi connectivity index (χ2n) is 6.71. The average Bonchev–Trinajstić information content (AvgIpc) is 2.96. The van der Waals surface area contributed by atoms with E-state index in [1.165, 1.54) is 0 Å². The van der Waals surface area contributed by atoms with Crippen molar-refractivity contribution in [1.82, 2.24) is 14.9 Å². The Bertz CT molecular complexity index is 1020. The van der Waals surface area contributed by atoms with Crippen LogP contribution in [-0.2, 0) is 29.5 Å². The lowest BCUT2D eigenvalue weighted by Gasteiger charge is -2.33. The fraction of sp³-hybridized carbons (Fsp3) is 0.250. The van der Waals surface area contributed by atoms with E-state index in [1.54, 1.807) is 19.1 Å². The number of carbonyl (C=O) groups excluding carboxylic acids is 2. The third kappa shape index (κ3) is 2.63. The van der Waals surface area contributed by atoms with Gasteiger partial charge < -0.3 is 14.6 Å². The molecule has 0 bridgehead atoms. The van der Waals surface area contributed by atoms with Crippen molar-refractivity contribution < 1.29 is 14.3 Å². The van der Waals surface area contributed by atoms with E-state index in [-0.39, 0.29) is 12.5 Å². The number of amides is 1. The van der Waals surface area contributed by atoms with Crippen molar-refractivity contribution in [1.29, 1.82) is 0 Å². The molecule has 2 heterocycles. The van der Waals surface area contributed by atoms with Gasteiger partial charge in [0.2, 0.25) is 0 Å². The van der Waals surface area contributed by atoms with Crippen LogP contribution in [0, 0.1) is 0 Å². The lowest BCUT2D eigenvalue weighted by atomic mass is 9.89. The fourth-order valence-electron chi connectivity index (χ4n) is 3.36. The van der Waals surface area contributed by atoms with Gasteiger partial charge in [-0.2, -0.15) is 0 Å². The molecule has 0 saturated heterocycles. The van der Waals surface area contributed by atoms with Crippen LogP contribution >= 0.6 is 0 Å². The zero-order valence-electron chi connectivity index (χ0n) is 14.7. The Morgan fingerprint density at radius 1 is 1.23 bits per heavy atom. The Kier molecular flexibility index (Phi) is 3.76. The van der Waals surface area contributed by atoms with Crippen LogP contribution < -0.4 is 5.32 Å². The minimum atomic E-state index is -1.23. The van der Waals surface area contributed by atoms with Crippen molar-refractivity contribution in [2.24, 2.45) is 7.05 Å². The molecule has 132 valence electrons. The first kappa shape index (κ1) is 16.3. The van der Waals surface area contributed by atoms with Crippen molar-refractivity contribution in [3.05, 3.63) is 65.5 Å². The molecular weight excluding hydrogens is 330 g/mol. The molecule has 1 amide bonds. The summed E-state index contributed by atoms with van der Waals surface area (Å²) in [6.07, 6.45) is 0.350. The minimum absolute atomic E-state index is 0.263. The first-order chi connectivity index (χ1) is 12.5. The van der Waals surface area contributed by atoms with Crippen LogP contribution in [0.1, 0.15) is 28.7 Å². The fourth-order valence-corrected chi connectivity index (χ4v) is 3.36. The van der Waals surface area contributed by atoms with Gasteiger partial charge in [0.1, 0.15) is 5.82 Å². The number of ether oxygens (including phenoxy) is 1. The highest BCUT2D eigenvalue weighted by atomic mass is 16.6. The molecule has 1 aliphatic rings. The smallest absolute Gasteiger partial charge is 0.339 e. The van der Waals surface area contributed by atoms with Crippen LogP contribution in [0.4, 0.5) is 0 Å². The molecule has 6 nitrogen and oxygen atoms in total. The predicted octanol–water partition coefficient (Wildman–Crippen LogP) is 2.36. The quantitative estimate of drug-likeness (QED) is 0.737. The van der Waals surface area contributed by atoms with E-state index >= 15 is 0 Å². The van der Waals surface area contributed by atoms with Gasteiger partial charge in [0.25, 0.3) is 5.91 Å². The normalized spacial score (nSPS) is 19.1. The SMILES string of the molecule is Cn1c(CNC(=O)C2(C)Cc3ccccc3C(=O)O2)nc2ccccc21. The number of aryl methyl sites for hydroxylation is 1. The molecule has 4 rings (SSSR count). The predicted molar refractivity (Wildman–Crippen MR) is 96.5 cm³/mol. The van der Waals surface area contributed by atoms with E-state index in [2.05, 4.69) is 10.3 Å².